The highest BCUT2D eigenvalue weighted by Crippen LogP contribution is 2.22. The minimum atomic E-state index is 0.838. The van der Waals surface area contributed by atoms with Gasteiger partial charge in [-0.05, 0) is 18.4 Å². The first kappa shape index (κ1) is 11.6. The molecule has 0 aliphatic carbocycles. The summed E-state index contributed by atoms with van der Waals surface area (Å²) in [6.45, 7) is 6.11. The number of aromatic nitrogens is 2. The van der Waals surface area contributed by atoms with E-state index in [-0.39, 0.29) is 0 Å². The quantitative estimate of drug-likeness (QED) is 0.895. The second kappa shape index (κ2) is 5.04. The molecule has 0 saturated carbocycles. The van der Waals surface area contributed by atoms with Crippen LogP contribution in [0.2, 0.25) is 0 Å². The van der Waals surface area contributed by atoms with Crippen molar-refractivity contribution in [2.24, 2.45) is 0 Å². The maximum absolute atomic E-state index is 4.69. The predicted molar refractivity (Wildman–Crippen MR) is 75.2 cm³/mol. The van der Waals surface area contributed by atoms with Gasteiger partial charge in [-0.25, -0.2) is 9.97 Å². The van der Waals surface area contributed by atoms with Crippen LogP contribution in [0.25, 0.3) is 11.4 Å². The van der Waals surface area contributed by atoms with Crippen LogP contribution in [-0.4, -0.2) is 36.1 Å². The fraction of sp³-hybridized carbons (Fsp3) is 0.385. The maximum atomic E-state index is 4.69. The first-order valence-corrected chi connectivity index (χ1v) is 7.11. The van der Waals surface area contributed by atoms with Crippen molar-refractivity contribution < 1.29 is 0 Å². The average Bonchev–Trinajstić information content (AvgIpc) is 2.93. The Labute approximate surface area is 111 Å². The Morgan fingerprint density at radius 2 is 2.11 bits per heavy atom. The van der Waals surface area contributed by atoms with Gasteiger partial charge in [0.1, 0.15) is 5.82 Å². The Hall–Kier alpha value is -1.46. The number of hydrogen-bond acceptors (Lipinski definition) is 5. The fourth-order valence-electron chi connectivity index (χ4n) is 2.13. The zero-order valence-electron chi connectivity index (χ0n) is 10.4. The molecule has 0 unspecified atom stereocenters. The van der Waals surface area contributed by atoms with Crippen molar-refractivity contribution in [3.05, 3.63) is 28.6 Å². The summed E-state index contributed by atoms with van der Waals surface area (Å²) >= 11 is 1.68. The highest BCUT2D eigenvalue weighted by atomic mass is 32.1. The molecule has 0 bridgehead atoms. The lowest BCUT2D eigenvalue weighted by atomic mass is 10.3. The van der Waals surface area contributed by atoms with Gasteiger partial charge in [0.15, 0.2) is 5.82 Å². The number of anilines is 1. The lowest BCUT2D eigenvalue weighted by Gasteiger charge is -2.28. The van der Waals surface area contributed by atoms with E-state index in [0.29, 0.717) is 0 Å². The third-order valence-corrected chi connectivity index (χ3v) is 3.74. The summed E-state index contributed by atoms with van der Waals surface area (Å²) < 4.78 is 0. The van der Waals surface area contributed by atoms with Crippen molar-refractivity contribution in [2.75, 3.05) is 31.1 Å². The van der Waals surface area contributed by atoms with Crippen LogP contribution >= 0.6 is 11.3 Å². The van der Waals surface area contributed by atoms with Gasteiger partial charge < -0.3 is 10.2 Å². The number of rotatable bonds is 2. The van der Waals surface area contributed by atoms with Gasteiger partial charge in [0, 0.05) is 48.9 Å². The lowest BCUT2D eigenvalue weighted by Crippen LogP contribution is -2.44. The molecule has 1 N–H and O–H groups in total. The van der Waals surface area contributed by atoms with Gasteiger partial charge in [-0.15, -0.1) is 0 Å². The van der Waals surface area contributed by atoms with E-state index in [1.807, 2.05) is 6.92 Å². The van der Waals surface area contributed by atoms with E-state index >= 15 is 0 Å². The summed E-state index contributed by atoms with van der Waals surface area (Å²) in [5.74, 6) is 1.88. The van der Waals surface area contributed by atoms with E-state index in [2.05, 4.69) is 38.1 Å². The molecule has 1 saturated heterocycles. The Balaban J connectivity index is 1.95. The average molecular weight is 260 g/mol. The smallest absolute Gasteiger partial charge is 0.162 e. The third-order valence-electron chi connectivity index (χ3n) is 3.06. The standard InChI is InChI=1S/C13H16N4S/c1-10-8-12(17-5-3-14-4-6-17)16-13(15-10)11-2-7-18-9-11/h2,7-9,14H,3-6H2,1H3. The van der Waals surface area contributed by atoms with Crippen LogP contribution in [0.4, 0.5) is 5.82 Å². The number of aryl methyl sites for hydroxylation is 1. The zero-order valence-corrected chi connectivity index (χ0v) is 11.2. The van der Waals surface area contributed by atoms with Gasteiger partial charge in [0.2, 0.25) is 0 Å². The highest BCUT2D eigenvalue weighted by molar-refractivity contribution is 7.08. The van der Waals surface area contributed by atoms with Crippen molar-refractivity contribution in [3.8, 4) is 11.4 Å². The fourth-order valence-corrected chi connectivity index (χ4v) is 2.76. The van der Waals surface area contributed by atoms with Gasteiger partial charge >= 0.3 is 0 Å². The molecule has 1 aliphatic rings. The number of thiophene rings is 1. The number of nitrogens with zero attached hydrogens (tertiary/aromatic N) is 3. The molecule has 2 aromatic heterocycles. The molecule has 0 atom stereocenters. The van der Waals surface area contributed by atoms with E-state index in [1.165, 1.54) is 0 Å². The van der Waals surface area contributed by atoms with Crippen molar-refractivity contribution in [1.82, 2.24) is 15.3 Å². The van der Waals surface area contributed by atoms with Crippen LogP contribution < -0.4 is 10.2 Å². The van der Waals surface area contributed by atoms with Crippen LogP contribution in [0.1, 0.15) is 5.69 Å². The molecule has 3 rings (SSSR count). The first-order chi connectivity index (χ1) is 8.83. The molecule has 18 heavy (non-hydrogen) atoms. The zero-order chi connectivity index (χ0) is 12.4. The largest absolute Gasteiger partial charge is 0.354 e. The van der Waals surface area contributed by atoms with E-state index in [9.17, 15) is 0 Å². The number of piperazine rings is 1. The van der Waals surface area contributed by atoms with Gasteiger partial charge in [-0.3, -0.25) is 0 Å². The molecule has 0 spiro atoms. The predicted octanol–water partition coefficient (Wildman–Crippen LogP) is 1.92. The highest BCUT2D eigenvalue weighted by Gasteiger charge is 2.14. The third kappa shape index (κ3) is 2.37. The van der Waals surface area contributed by atoms with Gasteiger partial charge in [-0.1, -0.05) is 0 Å². The van der Waals surface area contributed by atoms with Crippen molar-refractivity contribution in [3.63, 3.8) is 0 Å². The summed E-state index contributed by atoms with van der Waals surface area (Å²) in [6.07, 6.45) is 0. The molecular formula is C13H16N4S. The molecule has 4 nitrogen and oxygen atoms in total. The van der Waals surface area contributed by atoms with E-state index in [4.69, 9.17) is 4.98 Å². The Kier molecular flexibility index (Phi) is 3.25. The molecular weight excluding hydrogens is 244 g/mol. The van der Waals surface area contributed by atoms with Crippen LogP contribution in [0.15, 0.2) is 22.9 Å². The SMILES string of the molecule is Cc1cc(N2CCNCC2)nc(-c2ccsc2)n1. The molecule has 1 fully saturated rings. The number of nitrogens with one attached hydrogen (secondary N) is 1. The molecule has 2 aromatic rings. The van der Waals surface area contributed by atoms with E-state index < -0.39 is 0 Å². The second-order valence-electron chi connectivity index (χ2n) is 4.44. The number of hydrogen-bond donors (Lipinski definition) is 1. The summed E-state index contributed by atoms with van der Waals surface area (Å²) in [6, 6.07) is 4.14. The van der Waals surface area contributed by atoms with E-state index in [1.54, 1.807) is 11.3 Å². The normalized spacial score (nSPS) is 15.9. The summed E-state index contributed by atoms with van der Waals surface area (Å²) in [5, 5.41) is 7.51. The molecule has 0 amide bonds. The van der Waals surface area contributed by atoms with Crippen molar-refractivity contribution in [1.29, 1.82) is 0 Å². The van der Waals surface area contributed by atoms with Crippen molar-refractivity contribution >= 4 is 17.2 Å². The molecule has 94 valence electrons. The Morgan fingerprint density at radius 3 is 2.83 bits per heavy atom. The summed E-state index contributed by atoms with van der Waals surface area (Å²) in [4.78, 5) is 11.5. The van der Waals surface area contributed by atoms with Crippen LogP contribution in [0, 0.1) is 6.92 Å². The molecule has 3 heterocycles. The molecule has 0 aromatic carbocycles. The second-order valence-corrected chi connectivity index (χ2v) is 5.22. The Morgan fingerprint density at radius 1 is 1.28 bits per heavy atom. The van der Waals surface area contributed by atoms with Gasteiger partial charge in [0.25, 0.3) is 0 Å². The van der Waals surface area contributed by atoms with Gasteiger partial charge in [-0.2, -0.15) is 11.3 Å². The van der Waals surface area contributed by atoms with Crippen LogP contribution in [0.5, 0.6) is 0 Å². The van der Waals surface area contributed by atoms with Gasteiger partial charge in [0.05, 0.1) is 0 Å². The molecule has 5 heteroatoms. The molecule has 0 radical (unpaired) electrons. The maximum Gasteiger partial charge on any atom is 0.162 e. The minimum Gasteiger partial charge on any atom is -0.354 e. The summed E-state index contributed by atoms with van der Waals surface area (Å²) in [5.41, 5.74) is 2.14. The van der Waals surface area contributed by atoms with Crippen LogP contribution in [-0.2, 0) is 0 Å². The minimum absolute atomic E-state index is 0.838. The Bertz CT molecular complexity index is 518. The first-order valence-electron chi connectivity index (χ1n) is 6.17. The summed E-state index contributed by atoms with van der Waals surface area (Å²) in [7, 11) is 0. The lowest BCUT2D eigenvalue weighted by molar-refractivity contribution is 0.584. The van der Waals surface area contributed by atoms with Crippen molar-refractivity contribution in [2.45, 2.75) is 6.92 Å². The van der Waals surface area contributed by atoms with E-state index in [0.717, 1.165) is 49.1 Å². The molecule has 1 aliphatic heterocycles. The van der Waals surface area contributed by atoms with Crippen LogP contribution in [0.3, 0.4) is 0 Å². The monoisotopic (exact) mass is 260 g/mol. The topological polar surface area (TPSA) is 41.0 Å².